The van der Waals surface area contributed by atoms with Crippen LogP contribution in [0.5, 0.6) is 23.0 Å². The number of halogens is 2. The van der Waals surface area contributed by atoms with Gasteiger partial charge in [-0.15, -0.1) is 0 Å². The van der Waals surface area contributed by atoms with E-state index in [4.69, 9.17) is 25.8 Å². The lowest BCUT2D eigenvalue weighted by Gasteiger charge is -2.49. The molecule has 6 aromatic rings. The molecule has 2 amide bonds. The Morgan fingerprint density at radius 3 is 2.33 bits per heavy atom. The summed E-state index contributed by atoms with van der Waals surface area (Å²) in [6.45, 7) is 1.70. The molecule has 2 aromatic heterocycles. The van der Waals surface area contributed by atoms with Crippen molar-refractivity contribution in [3.63, 3.8) is 0 Å². The number of hydrazine groups is 1. The Bertz CT molecular complexity index is 3070. The van der Waals surface area contributed by atoms with Crippen molar-refractivity contribution < 1.29 is 33.3 Å². The molecule has 3 aliphatic rings. The van der Waals surface area contributed by atoms with E-state index < -0.39 is 57.9 Å². The summed E-state index contributed by atoms with van der Waals surface area (Å²) in [5.74, 6) is -3.05. The highest BCUT2D eigenvalue weighted by Crippen LogP contribution is 2.62. The van der Waals surface area contributed by atoms with Crippen molar-refractivity contribution in [3.8, 4) is 23.0 Å². The van der Waals surface area contributed by atoms with Crippen LogP contribution >= 0.6 is 11.6 Å². The number of carbonyl (C=O) groups is 2. The summed E-state index contributed by atoms with van der Waals surface area (Å²) in [5, 5.41) is 12.2. The summed E-state index contributed by atoms with van der Waals surface area (Å²) in [5.41, 5.74) is 2.36. The minimum absolute atomic E-state index is 0.0710. The van der Waals surface area contributed by atoms with Gasteiger partial charge in [0.15, 0.2) is 23.0 Å². The molecular weight excluding hydrogens is 837 g/mol. The molecule has 18 heteroatoms. The maximum atomic E-state index is 15.4. The zero-order chi connectivity index (χ0) is 44.5. The van der Waals surface area contributed by atoms with Gasteiger partial charge in [0.05, 0.1) is 61.5 Å². The van der Waals surface area contributed by atoms with E-state index in [-0.39, 0.29) is 55.4 Å². The monoisotopic (exact) mass is 877 g/mol. The summed E-state index contributed by atoms with van der Waals surface area (Å²) in [6, 6.07) is 18.9. The quantitative estimate of drug-likeness (QED) is 0.134. The van der Waals surface area contributed by atoms with Gasteiger partial charge in [-0.3, -0.25) is 19.8 Å². The normalized spacial score (nSPS) is 20.3. The molecule has 16 nitrogen and oxygen atoms in total. The number of aromatic nitrogens is 5. The van der Waals surface area contributed by atoms with Crippen LogP contribution in [0.3, 0.4) is 0 Å². The highest BCUT2D eigenvalue weighted by Gasteiger charge is 2.69. The number of allylic oxidation sites excluding steroid dienone is 2. The molecule has 9 rings (SSSR count). The molecule has 0 bridgehead atoms. The smallest absolute Gasteiger partial charge is 0.347 e. The summed E-state index contributed by atoms with van der Waals surface area (Å²) >= 11 is 6.40. The van der Waals surface area contributed by atoms with Crippen LogP contribution in [0.25, 0.3) is 11.0 Å². The Morgan fingerprint density at radius 2 is 1.63 bits per heavy atom. The second-order valence-corrected chi connectivity index (χ2v) is 16.0. The fourth-order valence-corrected chi connectivity index (χ4v) is 9.73. The second-order valence-electron chi connectivity index (χ2n) is 15.6. The summed E-state index contributed by atoms with van der Waals surface area (Å²) < 4.78 is 35.7. The number of methoxy groups -OCH3 is 2. The van der Waals surface area contributed by atoms with Crippen molar-refractivity contribution in [2.24, 2.45) is 13.0 Å². The number of imide groups is 1. The van der Waals surface area contributed by atoms with Crippen molar-refractivity contribution in [3.05, 3.63) is 149 Å². The topological polar surface area (TPSA) is 181 Å². The zero-order valence-corrected chi connectivity index (χ0v) is 35.3. The van der Waals surface area contributed by atoms with E-state index in [0.29, 0.717) is 44.3 Å². The van der Waals surface area contributed by atoms with Gasteiger partial charge in [-0.25, -0.2) is 32.9 Å². The molecule has 4 heterocycles. The molecule has 4 aromatic carbocycles. The molecule has 4 atom stereocenters. The van der Waals surface area contributed by atoms with Gasteiger partial charge in [0.25, 0.3) is 17.4 Å². The van der Waals surface area contributed by atoms with Gasteiger partial charge in [-0.05, 0) is 78.6 Å². The second kappa shape index (κ2) is 15.6. The lowest BCUT2D eigenvalue weighted by Crippen LogP contribution is -2.53. The molecule has 1 aliphatic carbocycles. The van der Waals surface area contributed by atoms with E-state index in [1.165, 1.54) is 58.5 Å². The van der Waals surface area contributed by atoms with Crippen molar-refractivity contribution in [2.75, 3.05) is 26.3 Å². The van der Waals surface area contributed by atoms with E-state index >= 15 is 4.79 Å². The van der Waals surface area contributed by atoms with Crippen molar-refractivity contribution in [2.45, 2.75) is 50.2 Å². The third-order valence-corrected chi connectivity index (χ3v) is 12.7. The minimum Gasteiger partial charge on any atom is -0.504 e. The molecule has 324 valence electrons. The van der Waals surface area contributed by atoms with E-state index in [1.807, 2.05) is 0 Å². The van der Waals surface area contributed by atoms with Crippen LogP contribution in [0.1, 0.15) is 42.1 Å². The average molecular weight is 878 g/mol. The SMILES string of the molecule is CCOc1cc(C2C3=CCn4c(=O)n(CCc5nc6cc(OC)c(OC)cc6n(C)c5=O)c(=O)n4C3CC3C(=O)N(Nc4ccc(F)cc4)C(=O)C32c2ccc(Cl)cc2)ccc1O. The van der Waals surface area contributed by atoms with E-state index in [0.717, 1.165) is 9.58 Å². The average Bonchev–Trinajstić information content (AvgIpc) is 3.65. The highest BCUT2D eigenvalue weighted by atomic mass is 35.5. The van der Waals surface area contributed by atoms with Crippen molar-refractivity contribution in [1.29, 1.82) is 0 Å². The largest absolute Gasteiger partial charge is 0.504 e. The number of fused-ring (bicyclic) bond motifs is 5. The van der Waals surface area contributed by atoms with Crippen LogP contribution in [-0.4, -0.2) is 66.2 Å². The van der Waals surface area contributed by atoms with Crippen LogP contribution < -0.4 is 36.6 Å². The molecule has 1 saturated carbocycles. The predicted octanol–water partition coefficient (Wildman–Crippen LogP) is 4.83. The van der Waals surface area contributed by atoms with E-state index in [9.17, 15) is 28.7 Å². The first-order chi connectivity index (χ1) is 30.3. The molecule has 2 fully saturated rings. The number of aryl methyl sites for hydroxylation is 2. The third-order valence-electron chi connectivity index (χ3n) is 12.4. The van der Waals surface area contributed by atoms with E-state index in [2.05, 4.69) is 10.4 Å². The molecule has 1 saturated heterocycles. The number of phenols is 1. The zero-order valence-electron chi connectivity index (χ0n) is 34.5. The number of hydrogen-bond acceptors (Lipinski definition) is 11. The standard InChI is InChI=1S/C45H41ClFN7O9/c1-5-63-36-20-24(6-15-35(36)55)39-29-16-19-52-43(59)51(18-17-31-41(57)50(2)34-23-38(62-4)37(61-3)22-32(34)48-31)44(60)54(52)33(29)21-30-40(56)53(49-28-13-11-27(47)12-14-28)42(58)45(30,39)25-7-9-26(46)10-8-25/h6-16,20,22-23,30,33,39,49,55H,5,17-19,21H2,1-4H3. The predicted molar refractivity (Wildman–Crippen MR) is 229 cm³/mol. The Labute approximate surface area is 362 Å². The van der Waals surface area contributed by atoms with Crippen molar-refractivity contribution in [1.82, 2.24) is 28.5 Å². The third kappa shape index (κ3) is 6.39. The molecule has 63 heavy (non-hydrogen) atoms. The summed E-state index contributed by atoms with van der Waals surface area (Å²) in [6.07, 6.45) is 1.64. The number of aromatic hydroxyl groups is 1. The van der Waals surface area contributed by atoms with Crippen LogP contribution in [0.15, 0.2) is 105 Å². The van der Waals surface area contributed by atoms with Crippen LogP contribution in [0.2, 0.25) is 5.02 Å². The first-order valence-corrected chi connectivity index (χ1v) is 20.6. The number of ether oxygens (including phenoxy) is 3. The van der Waals surface area contributed by atoms with Gasteiger partial charge in [-0.1, -0.05) is 35.9 Å². The fourth-order valence-electron chi connectivity index (χ4n) is 9.60. The lowest BCUT2D eigenvalue weighted by molar-refractivity contribution is -0.138. The van der Waals surface area contributed by atoms with Crippen LogP contribution in [0.4, 0.5) is 10.1 Å². The Balaban J connectivity index is 1.18. The molecule has 4 unspecified atom stereocenters. The van der Waals surface area contributed by atoms with Gasteiger partial charge in [0.1, 0.15) is 11.5 Å². The van der Waals surface area contributed by atoms with Gasteiger partial charge < -0.3 is 23.9 Å². The van der Waals surface area contributed by atoms with Gasteiger partial charge in [0.2, 0.25) is 0 Å². The maximum absolute atomic E-state index is 15.4. The van der Waals surface area contributed by atoms with Gasteiger partial charge in [0, 0.05) is 43.1 Å². The number of hydrogen-bond donors (Lipinski definition) is 2. The minimum atomic E-state index is -1.67. The first kappa shape index (κ1) is 41.2. The molecule has 2 N–H and O–H groups in total. The Morgan fingerprint density at radius 1 is 0.921 bits per heavy atom. The molecular formula is C45H41ClFN7O9. The molecule has 0 radical (unpaired) electrons. The lowest BCUT2D eigenvalue weighted by atomic mass is 9.53. The number of nitrogens with zero attached hydrogens (tertiary/aromatic N) is 6. The number of carbonyl (C=O) groups excluding carboxylic acids is 2. The van der Waals surface area contributed by atoms with Crippen molar-refractivity contribution >= 4 is 40.1 Å². The highest BCUT2D eigenvalue weighted by molar-refractivity contribution is 6.30. The Hall–Kier alpha value is -7.14. The Kier molecular flexibility index (Phi) is 10.2. The van der Waals surface area contributed by atoms with Gasteiger partial charge in [-0.2, -0.15) is 5.01 Å². The molecule has 2 aliphatic heterocycles. The van der Waals surface area contributed by atoms with Crippen LogP contribution in [-0.2, 0) is 41.6 Å². The number of phenolic OH excluding ortho intramolecular Hbond substituents is 1. The summed E-state index contributed by atoms with van der Waals surface area (Å²) in [7, 11) is 4.56. The van der Waals surface area contributed by atoms with E-state index in [1.54, 1.807) is 68.6 Å². The number of anilines is 1. The first-order valence-electron chi connectivity index (χ1n) is 20.2. The number of rotatable bonds is 11. The number of benzene rings is 4. The molecule has 0 spiro atoms. The number of amides is 2. The van der Waals surface area contributed by atoms with Gasteiger partial charge >= 0.3 is 11.4 Å². The maximum Gasteiger partial charge on any atom is 0.347 e. The number of nitrogens with one attached hydrogen (secondary N) is 1. The summed E-state index contributed by atoms with van der Waals surface area (Å²) in [4.78, 5) is 77.4. The van der Waals surface area contributed by atoms with Crippen LogP contribution in [0, 0.1) is 11.7 Å². The fraction of sp³-hybridized carbons (Fsp3) is 0.289.